The largest absolute Gasteiger partial charge is 0.458 e. The topological polar surface area (TPSA) is 60.5 Å². The molecule has 0 unspecified atom stereocenters. The highest BCUT2D eigenvalue weighted by Gasteiger charge is 1.98. The van der Waals surface area contributed by atoms with Gasteiger partial charge in [0.1, 0.15) is 18.1 Å². The van der Waals surface area contributed by atoms with E-state index in [1.54, 1.807) is 31.8 Å². The van der Waals surface area contributed by atoms with Crippen LogP contribution in [0.3, 0.4) is 0 Å². The third-order valence-electron chi connectivity index (χ3n) is 1.83. The van der Waals surface area contributed by atoms with Crippen molar-refractivity contribution in [2.24, 2.45) is 4.99 Å². The van der Waals surface area contributed by atoms with E-state index in [1.807, 2.05) is 12.1 Å². The van der Waals surface area contributed by atoms with Gasteiger partial charge in [-0.2, -0.15) is 0 Å². The Morgan fingerprint density at radius 3 is 2.94 bits per heavy atom. The maximum Gasteiger partial charge on any atom is 0.249 e. The highest BCUT2D eigenvalue weighted by Crippen LogP contribution is 2.08. The summed E-state index contributed by atoms with van der Waals surface area (Å²) >= 11 is 0. The lowest BCUT2D eigenvalue weighted by molar-refractivity contribution is 0.164. The Balaban J connectivity index is 2.06. The van der Waals surface area contributed by atoms with Gasteiger partial charge in [0.05, 0.1) is 6.21 Å². The van der Waals surface area contributed by atoms with Crippen molar-refractivity contribution in [2.45, 2.75) is 6.61 Å². The van der Waals surface area contributed by atoms with Crippen LogP contribution >= 0.6 is 0 Å². The molecule has 0 saturated heterocycles. The number of aliphatic imine (C=N–C) groups is 1. The Hall–Kier alpha value is -2.01. The Kier molecular flexibility index (Phi) is 3.40. The van der Waals surface area contributed by atoms with Gasteiger partial charge in [0.2, 0.25) is 5.95 Å². The average molecular weight is 217 g/mol. The summed E-state index contributed by atoms with van der Waals surface area (Å²) in [6.45, 7) is 0.454. The van der Waals surface area contributed by atoms with Crippen molar-refractivity contribution >= 4 is 12.2 Å². The number of ether oxygens (including phenoxy) is 1. The lowest BCUT2D eigenvalue weighted by atomic mass is 10.4. The number of nitrogens with zero attached hydrogens (tertiary/aromatic N) is 3. The standard InChI is InChI=1S/C11H11N3O2/c1-15-8-10-4-3-9(16-10)7-14-11-12-5-2-6-13-11/h2-7H,8H2,1H3. The van der Waals surface area contributed by atoms with Gasteiger partial charge in [0, 0.05) is 19.5 Å². The smallest absolute Gasteiger partial charge is 0.249 e. The number of aromatic nitrogens is 2. The Morgan fingerprint density at radius 2 is 2.19 bits per heavy atom. The fourth-order valence-corrected chi connectivity index (χ4v) is 1.16. The molecular weight excluding hydrogens is 206 g/mol. The summed E-state index contributed by atoms with van der Waals surface area (Å²) in [7, 11) is 1.62. The zero-order chi connectivity index (χ0) is 11.2. The molecule has 0 aliphatic rings. The highest BCUT2D eigenvalue weighted by molar-refractivity contribution is 5.77. The molecule has 5 nitrogen and oxygen atoms in total. The van der Waals surface area contributed by atoms with E-state index in [0.29, 0.717) is 18.3 Å². The van der Waals surface area contributed by atoms with Crippen LogP contribution in [0.1, 0.15) is 11.5 Å². The molecule has 0 spiro atoms. The first-order chi connectivity index (χ1) is 7.88. The lowest BCUT2D eigenvalue weighted by Crippen LogP contribution is -1.83. The third kappa shape index (κ3) is 2.74. The van der Waals surface area contributed by atoms with Gasteiger partial charge in [-0.15, -0.1) is 0 Å². The third-order valence-corrected chi connectivity index (χ3v) is 1.83. The first-order valence-electron chi connectivity index (χ1n) is 4.77. The number of rotatable bonds is 4. The van der Waals surface area contributed by atoms with E-state index in [2.05, 4.69) is 15.0 Å². The van der Waals surface area contributed by atoms with Gasteiger partial charge in [-0.1, -0.05) is 0 Å². The maximum absolute atomic E-state index is 5.42. The fourth-order valence-electron chi connectivity index (χ4n) is 1.16. The maximum atomic E-state index is 5.42. The van der Waals surface area contributed by atoms with Crippen LogP contribution in [0.4, 0.5) is 5.95 Å². The van der Waals surface area contributed by atoms with Crippen LogP contribution in [-0.2, 0) is 11.3 Å². The summed E-state index contributed by atoms with van der Waals surface area (Å²) in [5.74, 6) is 1.82. The van der Waals surface area contributed by atoms with E-state index in [-0.39, 0.29) is 0 Å². The van der Waals surface area contributed by atoms with Crippen LogP contribution in [0.15, 0.2) is 40.0 Å². The number of hydrogen-bond donors (Lipinski definition) is 0. The molecule has 0 aliphatic heterocycles. The Labute approximate surface area is 92.8 Å². The second-order valence-corrected chi connectivity index (χ2v) is 3.04. The quantitative estimate of drug-likeness (QED) is 0.734. The van der Waals surface area contributed by atoms with E-state index < -0.39 is 0 Å². The van der Waals surface area contributed by atoms with Crippen LogP contribution in [0, 0.1) is 0 Å². The summed E-state index contributed by atoms with van der Waals surface area (Å²) in [5, 5.41) is 0. The summed E-state index contributed by atoms with van der Waals surface area (Å²) < 4.78 is 10.4. The zero-order valence-corrected chi connectivity index (χ0v) is 8.83. The molecule has 0 atom stereocenters. The molecule has 0 fully saturated rings. The van der Waals surface area contributed by atoms with Crippen molar-refractivity contribution in [1.82, 2.24) is 9.97 Å². The molecule has 5 heteroatoms. The van der Waals surface area contributed by atoms with E-state index in [1.165, 1.54) is 0 Å². The highest BCUT2D eigenvalue weighted by atomic mass is 16.5. The van der Waals surface area contributed by atoms with E-state index in [0.717, 1.165) is 5.76 Å². The minimum atomic E-state index is 0.409. The number of hydrogen-bond acceptors (Lipinski definition) is 5. The molecule has 0 amide bonds. The first-order valence-corrected chi connectivity index (χ1v) is 4.77. The molecule has 0 aliphatic carbocycles. The molecule has 0 saturated carbocycles. The normalized spacial score (nSPS) is 11.1. The molecule has 0 aromatic carbocycles. The fraction of sp³-hybridized carbons (Fsp3) is 0.182. The monoisotopic (exact) mass is 217 g/mol. The van der Waals surface area contributed by atoms with Gasteiger partial charge in [-0.3, -0.25) is 0 Å². The van der Waals surface area contributed by atoms with Gasteiger partial charge >= 0.3 is 0 Å². The van der Waals surface area contributed by atoms with Crippen LogP contribution < -0.4 is 0 Å². The number of methoxy groups -OCH3 is 1. The Morgan fingerprint density at radius 1 is 1.38 bits per heavy atom. The summed E-state index contributed by atoms with van der Waals surface area (Å²) in [6.07, 6.45) is 4.85. The van der Waals surface area contributed by atoms with E-state index >= 15 is 0 Å². The lowest BCUT2D eigenvalue weighted by Gasteiger charge is -1.91. The van der Waals surface area contributed by atoms with Crippen molar-refractivity contribution in [1.29, 1.82) is 0 Å². The average Bonchev–Trinajstić information content (AvgIpc) is 2.76. The van der Waals surface area contributed by atoms with Gasteiger partial charge in [0.15, 0.2) is 0 Å². The summed E-state index contributed by atoms with van der Waals surface area (Å²) in [6, 6.07) is 5.40. The van der Waals surface area contributed by atoms with Crippen molar-refractivity contribution in [3.63, 3.8) is 0 Å². The van der Waals surface area contributed by atoms with E-state index in [4.69, 9.17) is 9.15 Å². The van der Waals surface area contributed by atoms with E-state index in [9.17, 15) is 0 Å². The molecule has 82 valence electrons. The minimum absolute atomic E-state index is 0.409. The second kappa shape index (κ2) is 5.18. The minimum Gasteiger partial charge on any atom is -0.458 e. The van der Waals surface area contributed by atoms with Gasteiger partial charge in [-0.05, 0) is 18.2 Å². The SMILES string of the molecule is COCc1ccc(C=Nc2ncccn2)o1. The van der Waals surface area contributed by atoms with Crippen LogP contribution in [-0.4, -0.2) is 23.3 Å². The first kappa shape index (κ1) is 10.5. The molecule has 2 rings (SSSR count). The zero-order valence-electron chi connectivity index (χ0n) is 8.83. The van der Waals surface area contributed by atoms with Gasteiger partial charge in [-0.25, -0.2) is 15.0 Å². The molecule has 2 aromatic heterocycles. The van der Waals surface area contributed by atoms with Gasteiger partial charge < -0.3 is 9.15 Å². The molecule has 0 radical (unpaired) electrons. The van der Waals surface area contributed by atoms with Crippen LogP contribution in [0.5, 0.6) is 0 Å². The molecule has 0 N–H and O–H groups in total. The Bertz CT molecular complexity index is 465. The molecule has 0 bridgehead atoms. The molecular formula is C11H11N3O2. The van der Waals surface area contributed by atoms with Gasteiger partial charge in [0.25, 0.3) is 0 Å². The summed E-state index contributed by atoms with van der Waals surface area (Å²) in [5.41, 5.74) is 0. The predicted molar refractivity (Wildman–Crippen MR) is 58.7 cm³/mol. The van der Waals surface area contributed by atoms with Crippen molar-refractivity contribution in [2.75, 3.05) is 7.11 Å². The van der Waals surface area contributed by atoms with Crippen molar-refractivity contribution in [3.05, 3.63) is 42.1 Å². The van der Waals surface area contributed by atoms with Crippen LogP contribution in [0.2, 0.25) is 0 Å². The van der Waals surface area contributed by atoms with Crippen molar-refractivity contribution in [3.8, 4) is 0 Å². The van der Waals surface area contributed by atoms with Crippen molar-refractivity contribution < 1.29 is 9.15 Å². The predicted octanol–water partition coefficient (Wildman–Crippen LogP) is 1.97. The van der Waals surface area contributed by atoms with Crippen LogP contribution in [0.25, 0.3) is 0 Å². The molecule has 2 heterocycles. The number of furan rings is 1. The second-order valence-electron chi connectivity index (χ2n) is 3.04. The molecule has 2 aromatic rings. The summed E-state index contributed by atoms with van der Waals surface area (Å²) in [4.78, 5) is 12.0. The molecule has 16 heavy (non-hydrogen) atoms.